The standard InChI is InChI=1S/C11H25NO4S/c1-11(2,3)16-9-8-15-7-5-12-6-10-17(4,13)14/h12H,5-10H2,1-4H3. The second kappa shape index (κ2) is 8.02. The third-order valence-electron chi connectivity index (χ3n) is 1.84. The summed E-state index contributed by atoms with van der Waals surface area (Å²) in [6.07, 6.45) is 1.23. The first-order valence-corrected chi connectivity index (χ1v) is 7.87. The van der Waals surface area contributed by atoms with E-state index in [2.05, 4.69) is 5.32 Å². The van der Waals surface area contributed by atoms with Crippen molar-refractivity contribution in [3.05, 3.63) is 0 Å². The molecular formula is C11H25NO4S. The normalized spacial score (nSPS) is 12.9. The molecule has 6 heteroatoms. The Morgan fingerprint density at radius 1 is 1.06 bits per heavy atom. The Morgan fingerprint density at radius 3 is 2.24 bits per heavy atom. The highest BCUT2D eigenvalue weighted by atomic mass is 32.2. The summed E-state index contributed by atoms with van der Waals surface area (Å²) in [6.45, 7) is 8.83. The lowest BCUT2D eigenvalue weighted by molar-refractivity contribution is -0.0342. The lowest BCUT2D eigenvalue weighted by Crippen LogP contribution is -2.27. The van der Waals surface area contributed by atoms with Gasteiger partial charge < -0.3 is 14.8 Å². The zero-order chi connectivity index (χ0) is 13.4. The van der Waals surface area contributed by atoms with Gasteiger partial charge in [-0.1, -0.05) is 0 Å². The maximum Gasteiger partial charge on any atom is 0.148 e. The third-order valence-corrected chi connectivity index (χ3v) is 2.78. The fraction of sp³-hybridized carbons (Fsp3) is 1.00. The van der Waals surface area contributed by atoms with Crippen molar-refractivity contribution >= 4 is 9.84 Å². The lowest BCUT2D eigenvalue weighted by atomic mass is 10.2. The van der Waals surface area contributed by atoms with Crippen LogP contribution in [0.3, 0.4) is 0 Å². The Kier molecular flexibility index (Phi) is 7.94. The van der Waals surface area contributed by atoms with Gasteiger partial charge in [-0.3, -0.25) is 0 Å². The Hall–Kier alpha value is -0.170. The number of sulfone groups is 1. The van der Waals surface area contributed by atoms with Crippen molar-refractivity contribution in [2.45, 2.75) is 26.4 Å². The summed E-state index contributed by atoms with van der Waals surface area (Å²) < 4.78 is 32.4. The number of rotatable bonds is 9. The van der Waals surface area contributed by atoms with E-state index < -0.39 is 9.84 Å². The summed E-state index contributed by atoms with van der Waals surface area (Å²) in [7, 11) is -2.87. The molecule has 0 aliphatic rings. The number of hydrogen-bond donors (Lipinski definition) is 1. The minimum absolute atomic E-state index is 0.128. The molecule has 0 atom stereocenters. The van der Waals surface area contributed by atoms with Gasteiger partial charge in [0.1, 0.15) is 9.84 Å². The van der Waals surface area contributed by atoms with E-state index in [9.17, 15) is 8.42 Å². The molecule has 0 fully saturated rings. The predicted molar refractivity (Wildman–Crippen MR) is 69.1 cm³/mol. The highest BCUT2D eigenvalue weighted by Gasteiger charge is 2.08. The van der Waals surface area contributed by atoms with Crippen LogP contribution in [-0.4, -0.2) is 58.9 Å². The Bertz CT molecular complexity index is 282. The van der Waals surface area contributed by atoms with Crippen molar-refractivity contribution in [3.63, 3.8) is 0 Å². The van der Waals surface area contributed by atoms with Crippen LogP contribution in [-0.2, 0) is 19.3 Å². The summed E-state index contributed by atoms with van der Waals surface area (Å²) in [4.78, 5) is 0. The van der Waals surface area contributed by atoms with Crippen LogP contribution in [0.1, 0.15) is 20.8 Å². The third kappa shape index (κ3) is 15.8. The second-order valence-electron chi connectivity index (χ2n) is 4.95. The van der Waals surface area contributed by atoms with E-state index in [0.29, 0.717) is 32.9 Å². The van der Waals surface area contributed by atoms with Crippen LogP contribution in [0.25, 0.3) is 0 Å². The van der Waals surface area contributed by atoms with Crippen LogP contribution in [0, 0.1) is 0 Å². The SMILES string of the molecule is CC(C)(C)OCCOCCNCCS(C)(=O)=O. The van der Waals surface area contributed by atoms with Crippen LogP contribution >= 0.6 is 0 Å². The molecule has 5 nitrogen and oxygen atoms in total. The van der Waals surface area contributed by atoms with E-state index in [1.165, 1.54) is 6.26 Å². The van der Waals surface area contributed by atoms with Crippen molar-refractivity contribution in [1.29, 1.82) is 0 Å². The van der Waals surface area contributed by atoms with Crippen LogP contribution < -0.4 is 5.32 Å². The van der Waals surface area contributed by atoms with Gasteiger partial charge in [0.25, 0.3) is 0 Å². The van der Waals surface area contributed by atoms with E-state index in [1.54, 1.807) is 0 Å². The van der Waals surface area contributed by atoms with E-state index in [1.807, 2.05) is 20.8 Å². The van der Waals surface area contributed by atoms with E-state index in [0.717, 1.165) is 0 Å². The van der Waals surface area contributed by atoms with Gasteiger partial charge in [-0.15, -0.1) is 0 Å². The van der Waals surface area contributed by atoms with Crippen LogP contribution in [0.4, 0.5) is 0 Å². The molecule has 1 N–H and O–H groups in total. The second-order valence-corrected chi connectivity index (χ2v) is 7.21. The van der Waals surface area contributed by atoms with Crippen LogP contribution in [0.2, 0.25) is 0 Å². The van der Waals surface area contributed by atoms with E-state index in [-0.39, 0.29) is 11.4 Å². The van der Waals surface area contributed by atoms with Gasteiger partial charge in [0, 0.05) is 19.3 Å². The molecule has 0 aliphatic heterocycles. The first-order valence-electron chi connectivity index (χ1n) is 5.81. The average molecular weight is 267 g/mol. The molecule has 0 spiro atoms. The van der Waals surface area contributed by atoms with Gasteiger partial charge in [-0.05, 0) is 20.8 Å². The smallest absolute Gasteiger partial charge is 0.148 e. The van der Waals surface area contributed by atoms with Crippen molar-refractivity contribution in [1.82, 2.24) is 5.32 Å². The van der Waals surface area contributed by atoms with Crippen molar-refractivity contribution in [2.24, 2.45) is 0 Å². The molecule has 0 unspecified atom stereocenters. The first kappa shape index (κ1) is 16.8. The van der Waals surface area contributed by atoms with Crippen LogP contribution in [0.15, 0.2) is 0 Å². The highest BCUT2D eigenvalue weighted by Crippen LogP contribution is 2.05. The fourth-order valence-corrected chi connectivity index (χ4v) is 1.55. The molecule has 0 rings (SSSR count). The number of hydrogen-bond acceptors (Lipinski definition) is 5. The summed E-state index contributed by atoms with van der Waals surface area (Å²) >= 11 is 0. The fourth-order valence-electron chi connectivity index (χ4n) is 1.04. The topological polar surface area (TPSA) is 64.6 Å². The molecule has 0 aromatic carbocycles. The van der Waals surface area contributed by atoms with Gasteiger partial charge in [-0.25, -0.2) is 8.42 Å². The van der Waals surface area contributed by atoms with Crippen molar-refractivity contribution < 1.29 is 17.9 Å². The summed E-state index contributed by atoms with van der Waals surface area (Å²) in [5, 5.41) is 3.00. The average Bonchev–Trinajstić information content (AvgIpc) is 2.11. The Labute approximate surface area is 105 Å². The van der Waals surface area contributed by atoms with E-state index >= 15 is 0 Å². The molecule has 0 radical (unpaired) electrons. The Morgan fingerprint density at radius 2 is 1.71 bits per heavy atom. The summed E-state index contributed by atoms with van der Waals surface area (Å²) in [6, 6.07) is 0. The van der Waals surface area contributed by atoms with Gasteiger partial charge in [-0.2, -0.15) is 0 Å². The quantitative estimate of drug-likeness (QED) is 0.615. The molecule has 0 bridgehead atoms. The maximum atomic E-state index is 10.8. The van der Waals surface area contributed by atoms with Gasteiger partial charge >= 0.3 is 0 Å². The zero-order valence-corrected chi connectivity index (χ0v) is 12.1. The predicted octanol–water partition coefficient (Wildman–Crippen LogP) is 0.452. The molecule has 0 aromatic heterocycles. The molecule has 0 aromatic rings. The Balaban J connectivity index is 3.20. The largest absolute Gasteiger partial charge is 0.378 e. The highest BCUT2D eigenvalue weighted by molar-refractivity contribution is 7.90. The molecule has 0 amide bonds. The monoisotopic (exact) mass is 267 g/mol. The maximum absolute atomic E-state index is 10.8. The molecule has 0 heterocycles. The zero-order valence-electron chi connectivity index (χ0n) is 11.3. The van der Waals surface area contributed by atoms with E-state index in [4.69, 9.17) is 9.47 Å². The molecule has 104 valence electrons. The van der Waals surface area contributed by atoms with Gasteiger partial charge in [0.2, 0.25) is 0 Å². The van der Waals surface area contributed by atoms with Gasteiger partial charge in [0.05, 0.1) is 31.2 Å². The molecular weight excluding hydrogens is 242 g/mol. The summed E-state index contributed by atoms with van der Waals surface area (Å²) in [5.74, 6) is 0.167. The number of nitrogens with one attached hydrogen (secondary N) is 1. The lowest BCUT2D eigenvalue weighted by Gasteiger charge is -2.19. The van der Waals surface area contributed by atoms with Crippen molar-refractivity contribution in [3.8, 4) is 0 Å². The molecule has 0 aliphatic carbocycles. The molecule has 17 heavy (non-hydrogen) atoms. The minimum Gasteiger partial charge on any atom is -0.378 e. The number of ether oxygens (including phenoxy) is 2. The van der Waals surface area contributed by atoms with Crippen LogP contribution in [0.5, 0.6) is 0 Å². The molecule has 0 saturated carbocycles. The van der Waals surface area contributed by atoms with Crippen molar-refractivity contribution in [2.75, 3.05) is 44.9 Å². The van der Waals surface area contributed by atoms with Gasteiger partial charge in [0.15, 0.2) is 0 Å². The summed E-state index contributed by atoms with van der Waals surface area (Å²) in [5.41, 5.74) is -0.128. The molecule has 0 saturated heterocycles. The minimum atomic E-state index is -2.87. The first-order chi connectivity index (χ1) is 7.71.